The van der Waals surface area contributed by atoms with Crippen molar-refractivity contribution < 1.29 is 5.11 Å². The van der Waals surface area contributed by atoms with Gasteiger partial charge in [-0.3, -0.25) is 0 Å². The van der Waals surface area contributed by atoms with Gasteiger partial charge in [0.15, 0.2) is 0 Å². The van der Waals surface area contributed by atoms with Crippen molar-refractivity contribution >= 4 is 0 Å². The molecule has 0 aromatic heterocycles. The summed E-state index contributed by atoms with van der Waals surface area (Å²) in [5.41, 5.74) is 5.13. The van der Waals surface area contributed by atoms with E-state index in [1.54, 1.807) is 0 Å². The standard InChI is InChI=1S/C8H17NO/c1-2-7(6-9)8(10)4-3-5-8/h7,10H,2-6,9H2,1H3. The second kappa shape index (κ2) is 2.89. The quantitative estimate of drug-likeness (QED) is 0.616. The van der Waals surface area contributed by atoms with Gasteiger partial charge in [0.2, 0.25) is 0 Å². The van der Waals surface area contributed by atoms with Crippen LogP contribution >= 0.6 is 0 Å². The van der Waals surface area contributed by atoms with Crippen molar-refractivity contribution in [1.29, 1.82) is 0 Å². The van der Waals surface area contributed by atoms with Crippen LogP contribution in [0, 0.1) is 5.92 Å². The average molecular weight is 143 g/mol. The van der Waals surface area contributed by atoms with Crippen LogP contribution in [0.4, 0.5) is 0 Å². The number of hydrogen-bond donors (Lipinski definition) is 2. The molecule has 2 nitrogen and oxygen atoms in total. The fraction of sp³-hybridized carbons (Fsp3) is 1.00. The van der Waals surface area contributed by atoms with Crippen molar-refractivity contribution in [3.63, 3.8) is 0 Å². The van der Waals surface area contributed by atoms with Crippen molar-refractivity contribution in [1.82, 2.24) is 0 Å². The van der Waals surface area contributed by atoms with E-state index in [9.17, 15) is 5.11 Å². The predicted octanol–water partition coefficient (Wildman–Crippen LogP) is 0.886. The smallest absolute Gasteiger partial charge is 0.0687 e. The van der Waals surface area contributed by atoms with Crippen LogP contribution in [0.2, 0.25) is 0 Å². The highest BCUT2D eigenvalue weighted by atomic mass is 16.3. The molecule has 1 aliphatic rings. The van der Waals surface area contributed by atoms with Crippen LogP contribution in [0.5, 0.6) is 0 Å². The van der Waals surface area contributed by atoms with Gasteiger partial charge in [0.05, 0.1) is 5.60 Å². The second-order valence-corrected chi connectivity index (χ2v) is 3.30. The summed E-state index contributed by atoms with van der Waals surface area (Å²) in [6, 6.07) is 0. The Balaban J connectivity index is 2.43. The lowest BCUT2D eigenvalue weighted by molar-refractivity contribution is -0.0815. The normalized spacial score (nSPS) is 25.5. The number of rotatable bonds is 3. The zero-order valence-corrected chi connectivity index (χ0v) is 6.64. The number of nitrogens with two attached hydrogens (primary N) is 1. The predicted molar refractivity (Wildman–Crippen MR) is 41.6 cm³/mol. The molecule has 1 saturated carbocycles. The first-order chi connectivity index (χ1) is 4.73. The molecule has 0 radical (unpaired) electrons. The molecule has 60 valence electrons. The minimum absolute atomic E-state index is 0.334. The molecule has 0 aromatic carbocycles. The summed E-state index contributed by atoms with van der Waals surface area (Å²) in [6.45, 7) is 2.72. The Morgan fingerprint density at radius 2 is 2.20 bits per heavy atom. The summed E-state index contributed by atoms with van der Waals surface area (Å²) in [5.74, 6) is 0.334. The van der Waals surface area contributed by atoms with E-state index >= 15 is 0 Å². The fourth-order valence-electron chi connectivity index (χ4n) is 1.71. The zero-order valence-electron chi connectivity index (χ0n) is 6.64. The fourth-order valence-corrected chi connectivity index (χ4v) is 1.71. The van der Waals surface area contributed by atoms with Crippen LogP contribution < -0.4 is 5.73 Å². The Labute approximate surface area is 62.4 Å². The lowest BCUT2D eigenvalue weighted by Gasteiger charge is -2.42. The molecular weight excluding hydrogens is 126 g/mol. The van der Waals surface area contributed by atoms with E-state index in [1.807, 2.05) is 0 Å². The maximum absolute atomic E-state index is 9.79. The van der Waals surface area contributed by atoms with Gasteiger partial charge in [-0.15, -0.1) is 0 Å². The van der Waals surface area contributed by atoms with E-state index in [2.05, 4.69) is 6.92 Å². The lowest BCUT2D eigenvalue weighted by atomic mass is 9.70. The van der Waals surface area contributed by atoms with E-state index in [0.29, 0.717) is 12.5 Å². The van der Waals surface area contributed by atoms with Crippen molar-refractivity contribution in [2.24, 2.45) is 11.7 Å². The van der Waals surface area contributed by atoms with Gasteiger partial charge in [-0.1, -0.05) is 6.92 Å². The van der Waals surface area contributed by atoms with Gasteiger partial charge in [-0.25, -0.2) is 0 Å². The van der Waals surface area contributed by atoms with E-state index in [-0.39, 0.29) is 5.60 Å². The molecule has 10 heavy (non-hydrogen) atoms. The first kappa shape index (κ1) is 8.02. The Morgan fingerprint density at radius 3 is 2.30 bits per heavy atom. The third-order valence-electron chi connectivity index (χ3n) is 2.76. The lowest BCUT2D eigenvalue weighted by Crippen LogP contribution is -2.47. The van der Waals surface area contributed by atoms with Gasteiger partial charge in [0, 0.05) is 0 Å². The first-order valence-electron chi connectivity index (χ1n) is 4.15. The van der Waals surface area contributed by atoms with Crippen LogP contribution in [0.3, 0.4) is 0 Å². The summed E-state index contributed by atoms with van der Waals surface area (Å²) < 4.78 is 0. The summed E-state index contributed by atoms with van der Waals surface area (Å²) in [7, 11) is 0. The Bertz CT molecular complexity index is 106. The van der Waals surface area contributed by atoms with E-state index in [4.69, 9.17) is 5.73 Å². The van der Waals surface area contributed by atoms with Crippen molar-refractivity contribution in [3.8, 4) is 0 Å². The molecule has 0 heterocycles. The van der Waals surface area contributed by atoms with E-state index in [1.165, 1.54) is 6.42 Å². The van der Waals surface area contributed by atoms with Gasteiger partial charge in [-0.05, 0) is 38.1 Å². The van der Waals surface area contributed by atoms with Crippen molar-refractivity contribution in [3.05, 3.63) is 0 Å². The van der Waals surface area contributed by atoms with Gasteiger partial charge in [0.1, 0.15) is 0 Å². The molecule has 1 atom stereocenters. The first-order valence-corrected chi connectivity index (χ1v) is 4.15. The largest absolute Gasteiger partial charge is 0.390 e. The third-order valence-corrected chi connectivity index (χ3v) is 2.76. The molecule has 0 aliphatic heterocycles. The molecule has 0 saturated heterocycles. The number of hydrogen-bond acceptors (Lipinski definition) is 2. The van der Waals surface area contributed by atoms with Crippen LogP contribution in [-0.4, -0.2) is 17.3 Å². The highest BCUT2D eigenvalue weighted by Crippen LogP contribution is 2.39. The molecule has 0 aromatic rings. The van der Waals surface area contributed by atoms with E-state index in [0.717, 1.165) is 19.3 Å². The van der Waals surface area contributed by atoms with Crippen molar-refractivity contribution in [2.45, 2.75) is 38.2 Å². The topological polar surface area (TPSA) is 46.2 Å². The SMILES string of the molecule is CCC(CN)C1(O)CCC1. The molecule has 1 unspecified atom stereocenters. The molecule has 3 N–H and O–H groups in total. The highest BCUT2D eigenvalue weighted by molar-refractivity contribution is 4.93. The van der Waals surface area contributed by atoms with Gasteiger partial charge in [0.25, 0.3) is 0 Å². The average Bonchev–Trinajstić information content (AvgIpc) is 1.87. The van der Waals surface area contributed by atoms with E-state index < -0.39 is 0 Å². The summed E-state index contributed by atoms with van der Waals surface area (Å²) in [5, 5.41) is 9.79. The molecule has 0 spiro atoms. The second-order valence-electron chi connectivity index (χ2n) is 3.30. The summed E-state index contributed by atoms with van der Waals surface area (Å²) >= 11 is 0. The molecular formula is C8H17NO. The molecule has 2 heteroatoms. The van der Waals surface area contributed by atoms with Crippen LogP contribution in [0.15, 0.2) is 0 Å². The maximum atomic E-state index is 9.79. The highest BCUT2D eigenvalue weighted by Gasteiger charge is 2.40. The summed E-state index contributed by atoms with van der Waals surface area (Å²) in [6.07, 6.45) is 4.10. The van der Waals surface area contributed by atoms with Crippen LogP contribution in [0.1, 0.15) is 32.6 Å². The minimum Gasteiger partial charge on any atom is -0.390 e. The van der Waals surface area contributed by atoms with Gasteiger partial charge < -0.3 is 10.8 Å². The third kappa shape index (κ3) is 1.18. The Morgan fingerprint density at radius 1 is 1.60 bits per heavy atom. The maximum Gasteiger partial charge on any atom is 0.0687 e. The Hall–Kier alpha value is -0.0800. The molecule has 1 aliphatic carbocycles. The van der Waals surface area contributed by atoms with Crippen LogP contribution in [0.25, 0.3) is 0 Å². The molecule has 0 amide bonds. The minimum atomic E-state index is -0.385. The Kier molecular flexibility index (Phi) is 2.32. The van der Waals surface area contributed by atoms with Crippen molar-refractivity contribution in [2.75, 3.05) is 6.54 Å². The van der Waals surface area contributed by atoms with Crippen LogP contribution in [-0.2, 0) is 0 Å². The summed E-state index contributed by atoms with van der Waals surface area (Å²) in [4.78, 5) is 0. The zero-order chi connectivity index (χ0) is 7.61. The number of aliphatic hydroxyl groups is 1. The molecule has 0 bridgehead atoms. The monoisotopic (exact) mass is 143 g/mol. The van der Waals surface area contributed by atoms with Gasteiger partial charge in [-0.2, -0.15) is 0 Å². The van der Waals surface area contributed by atoms with Gasteiger partial charge >= 0.3 is 0 Å². The molecule has 1 fully saturated rings. The molecule has 1 rings (SSSR count).